The summed E-state index contributed by atoms with van der Waals surface area (Å²) in [6, 6.07) is 12.0. The van der Waals surface area contributed by atoms with Crippen LogP contribution in [-0.2, 0) is 0 Å². The van der Waals surface area contributed by atoms with Crippen molar-refractivity contribution in [2.75, 3.05) is 20.6 Å². The molecule has 2 aromatic rings. The first-order chi connectivity index (χ1) is 9.58. The zero-order chi connectivity index (χ0) is 14.5. The van der Waals surface area contributed by atoms with Crippen molar-refractivity contribution in [3.8, 4) is 0 Å². The summed E-state index contributed by atoms with van der Waals surface area (Å²) in [6.45, 7) is 2.63. The third-order valence-electron chi connectivity index (χ3n) is 3.26. The Morgan fingerprint density at radius 2 is 1.90 bits per heavy atom. The molecule has 3 nitrogen and oxygen atoms in total. The Kier molecular flexibility index (Phi) is 6.89. The lowest BCUT2D eigenvalue weighted by atomic mass is 10.1. The van der Waals surface area contributed by atoms with E-state index in [1.807, 2.05) is 51.4 Å². The number of carbonyl (C=O) groups is 1. The molecule has 1 N–H and O–H groups in total. The number of thiophene rings is 1. The highest BCUT2D eigenvalue weighted by Gasteiger charge is 2.16. The van der Waals surface area contributed by atoms with Gasteiger partial charge in [-0.05, 0) is 44.6 Å². The quantitative estimate of drug-likeness (QED) is 0.912. The molecular formula is C16H21ClN2OS. The molecule has 0 spiro atoms. The predicted octanol–water partition coefficient (Wildman–Crippen LogP) is 3.51. The number of rotatable bonds is 5. The largest absolute Gasteiger partial charge is 0.350 e. The summed E-state index contributed by atoms with van der Waals surface area (Å²) in [6.07, 6.45) is 0. The number of nitrogens with zero attached hydrogens (tertiary/aromatic N) is 1. The molecule has 0 saturated carbocycles. The summed E-state index contributed by atoms with van der Waals surface area (Å²) in [4.78, 5) is 15.5. The molecule has 1 aromatic heterocycles. The number of likely N-dealkylation sites (N-methyl/N-ethyl adjacent to an activating group) is 1. The van der Waals surface area contributed by atoms with Crippen LogP contribution in [0.5, 0.6) is 0 Å². The molecule has 1 heterocycles. The van der Waals surface area contributed by atoms with Crippen LogP contribution in [0, 0.1) is 6.92 Å². The molecule has 0 radical (unpaired) electrons. The summed E-state index contributed by atoms with van der Waals surface area (Å²) in [5, 5.41) is 5.08. The molecule has 0 fully saturated rings. The van der Waals surface area contributed by atoms with Gasteiger partial charge in [0.05, 0.1) is 6.04 Å². The Bertz CT molecular complexity index is 552. The molecule has 114 valence electrons. The minimum atomic E-state index is -0.0200. The Hall–Kier alpha value is -1.36. The van der Waals surface area contributed by atoms with Crippen LogP contribution in [0.1, 0.15) is 26.8 Å². The summed E-state index contributed by atoms with van der Waals surface area (Å²) in [7, 11) is 4.06. The highest BCUT2D eigenvalue weighted by Crippen LogP contribution is 2.22. The van der Waals surface area contributed by atoms with Gasteiger partial charge in [0.2, 0.25) is 0 Å². The first-order valence-corrected chi connectivity index (χ1v) is 7.50. The second-order valence-corrected chi connectivity index (χ2v) is 6.05. The molecule has 0 aliphatic heterocycles. The van der Waals surface area contributed by atoms with E-state index in [0.717, 1.165) is 5.56 Å². The highest BCUT2D eigenvalue weighted by molar-refractivity contribution is 7.10. The molecule has 1 unspecified atom stereocenters. The van der Waals surface area contributed by atoms with E-state index in [1.165, 1.54) is 4.88 Å². The minimum Gasteiger partial charge on any atom is -0.350 e. The van der Waals surface area contributed by atoms with E-state index in [1.54, 1.807) is 11.3 Å². The molecular weight excluding hydrogens is 304 g/mol. The van der Waals surface area contributed by atoms with E-state index in [-0.39, 0.29) is 24.4 Å². The maximum Gasteiger partial charge on any atom is 0.251 e. The van der Waals surface area contributed by atoms with Gasteiger partial charge in [-0.2, -0.15) is 0 Å². The lowest BCUT2D eigenvalue weighted by Crippen LogP contribution is -2.34. The summed E-state index contributed by atoms with van der Waals surface area (Å²) < 4.78 is 0. The van der Waals surface area contributed by atoms with Crippen molar-refractivity contribution in [3.63, 3.8) is 0 Å². The van der Waals surface area contributed by atoms with Gasteiger partial charge in [-0.25, -0.2) is 0 Å². The van der Waals surface area contributed by atoms with E-state index < -0.39 is 0 Å². The number of aryl methyl sites for hydroxylation is 1. The Morgan fingerprint density at radius 3 is 2.43 bits per heavy atom. The Labute approximate surface area is 136 Å². The van der Waals surface area contributed by atoms with Gasteiger partial charge in [0.15, 0.2) is 0 Å². The van der Waals surface area contributed by atoms with Crippen molar-refractivity contribution in [2.45, 2.75) is 13.0 Å². The third kappa shape index (κ3) is 4.84. The summed E-state index contributed by atoms with van der Waals surface area (Å²) in [5.74, 6) is -0.0200. The average molecular weight is 325 g/mol. The van der Waals surface area contributed by atoms with Crippen molar-refractivity contribution < 1.29 is 4.79 Å². The Morgan fingerprint density at radius 1 is 1.24 bits per heavy atom. The lowest BCUT2D eigenvalue weighted by molar-refractivity contribution is 0.0942. The first kappa shape index (κ1) is 17.7. The van der Waals surface area contributed by atoms with Crippen LogP contribution in [0.2, 0.25) is 0 Å². The van der Waals surface area contributed by atoms with Crippen molar-refractivity contribution >= 4 is 29.7 Å². The second kappa shape index (κ2) is 8.17. The van der Waals surface area contributed by atoms with Crippen molar-refractivity contribution in [2.24, 2.45) is 0 Å². The SMILES string of the molecule is Cc1ccc(C(=O)NCC(c2cccs2)N(C)C)cc1.Cl. The first-order valence-electron chi connectivity index (χ1n) is 6.62. The van der Waals surface area contributed by atoms with E-state index in [4.69, 9.17) is 0 Å². The Balaban J connectivity index is 0.00000220. The number of hydrogen-bond donors (Lipinski definition) is 1. The van der Waals surface area contributed by atoms with Gasteiger partial charge in [0, 0.05) is 17.0 Å². The number of halogens is 1. The van der Waals surface area contributed by atoms with Gasteiger partial charge in [-0.3, -0.25) is 4.79 Å². The van der Waals surface area contributed by atoms with E-state index in [0.29, 0.717) is 12.1 Å². The topological polar surface area (TPSA) is 32.3 Å². The number of nitrogens with one attached hydrogen (secondary N) is 1. The molecule has 5 heteroatoms. The average Bonchev–Trinajstić information content (AvgIpc) is 2.93. The van der Waals surface area contributed by atoms with Gasteiger partial charge in [-0.15, -0.1) is 23.7 Å². The summed E-state index contributed by atoms with van der Waals surface area (Å²) >= 11 is 1.72. The highest BCUT2D eigenvalue weighted by atomic mass is 35.5. The van der Waals surface area contributed by atoms with Crippen molar-refractivity contribution in [3.05, 3.63) is 57.8 Å². The standard InChI is InChI=1S/C16H20N2OS.ClH/c1-12-6-8-13(9-7-12)16(19)17-11-14(18(2)3)15-5-4-10-20-15;/h4-10,14H,11H2,1-3H3,(H,17,19);1H. The summed E-state index contributed by atoms with van der Waals surface area (Å²) in [5.41, 5.74) is 1.87. The van der Waals surface area contributed by atoms with Crippen LogP contribution in [-0.4, -0.2) is 31.4 Å². The number of carbonyl (C=O) groups excluding carboxylic acids is 1. The molecule has 0 aliphatic rings. The number of amides is 1. The van der Waals surface area contributed by atoms with Crippen LogP contribution < -0.4 is 5.32 Å². The predicted molar refractivity (Wildman–Crippen MR) is 91.5 cm³/mol. The molecule has 0 bridgehead atoms. The molecule has 0 saturated heterocycles. The van der Waals surface area contributed by atoms with Gasteiger partial charge in [0.1, 0.15) is 0 Å². The van der Waals surface area contributed by atoms with E-state index in [9.17, 15) is 4.79 Å². The van der Waals surface area contributed by atoms with Crippen molar-refractivity contribution in [1.29, 1.82) is 0 Å². The molecule has 0 aliphatic carbocycles. The fourth-order valence-electron chi connectivity index (χ4n) is 2.01. The minimum absolute atomic E-state index is 0. The van der Waals surface area contributed by atoms with E-state index in [2.05, 4.69) is 21.7 Å². The van der Waals surface area contributed by atoms with Gasteiger partial charge < -0.3 is 10.2 Å². The second-order valence-electron chi connectivity index (χ2n) is 5.07. The van der Waals surface area contributed by atoms with Gasteiger partial charge in [-0.1, -0.05) is 23.8 Å². The zero-order valence-electron chi connectivity index (χ0n) is 12.5. The fraction of sp³-hybridized carbons (Fsp3) is 0.312. The molecule has 1 aromatic carbocycles. The van der Waals surface area contributed by atoms with Crippen LogP contribution in [0.4, 0.5) is 0 Å². The maximum atomic E-state index is 12.1. The van der Waals surface area contributed by atoms with E-state index >= 15 is 0 Å². The molecule has 21 heavy (non-hydrogen) atoms. The molecule has 1 atom stereocenters. The molecule has 2 rings (SSSR count). The third-order valence-corrected chi connectivity index (χ3v) is 4.24. The van der Waals surface area contributed by atoms with Gasteiger partial charge in [0.25, 0.3) is 5.91 Å². The van der Waals surface area contributed by atoms with Crippen LogP contribution >= 0.6 is 23.7 Å². The lowest BCUT2D eigenvalue weighted by Gasteiger charge is -2.23. The van der Waals surface area contributed by atoms with Gasteiger partial charge >= 0.3 is 0 Å². The monoisotopic (exact) mass is 324 g/mol. The smallest absolute Gasteiger partial charge is 0.251 e. The normalized spacial score (nSPS) is 11.8. The van der Waals surface area contributed by atoms with Crippen molar-refractivity contribution in [1.82, 2.24) is 10.2 Å². The van der Waals surface area contributed by atoms with Crippen LogP contribution in [0.25, 0.3) is 0 Å². The van der Waals surface area contributed by atoms with Crippen LogP contribution in [0.15, 0.2) is 41.8 Å². The zero-order valence-corrected chi connectivity index (χ0v) is 14.1. The number of benzene rings is 1. The molecule has 1 amide bonds. The maximum absolute atomic E-state index is 12.1. The number of hydrogen-bond acceptors (Lipinski definition) is 3. The fourth-order valence-corrected chi connectivity index (χ4v) is 2.94. The van der Waals surface area contributed by atoms with Crippen LogP contribution in [0.3, 0.4) is 0 Å².